The first-order valence-electron chi connectivity index (χ1n) is 20.1. The Balaban J connectivity index is 0.950. The van der Waals surface area contributed by atoms with Crippen molar-refractivity contribution in [2.24, 2.45) is 0 Å². The second-order valence-corrected chi connectivity index (χ2v) is 17.2. The minimum Gasteiger partial charge on any atom is -0.423 e. The molecule has 3 aliphatic heterocycles. The molecule has 6 rings (SSSR count). The standard InChI is InChI=1S/C40H59B3N6O8/c1-29-23-32(43-55-37(2,3)39(6,56-43)15-20-48(8)18-13-33-11-9-30(24-45-33)41(51)52)26-47-35(29)28-53-22-16-40(7)38(4,5)54-42(57-40)31-10-12-34(46-25-31)14-19-49-21-17-44-36(50)27-49/h9-12,23-26,51-52H,13-22,27-28H2,1-8H3,(H,44,50). The van der Waals surface area contributed by atoms with Crippen LogP contribution < -0.4 is 21.7 Å². The Morgan fingerprint density at radius 3 is 2.14 bits per heavy atom. The summed E-state index contributed by atoms with van der Waals surface area (Å²) >= 11 is 0. The van der Waals surface area contributed by atoms with Gasteiger partial charge in [-0.3, -0.25) is 24.6 Å². The lowest BCUT2D eigenvalue weighted by Gasteiger charge is -2.37. The van der Waals surface area contributed by atoms with Gasteiger partial charge in [-0.2, -0.15) is 0 Å². The molecule has 3 aromatic heterocycles. The molecule has 3 saturated heterocycles. The first kappa shape index (κ1) is 43.3. The smallest absolute Gasteiger partial charge is 0.423 e. The van der Waals surface area contributed by atoms with Crippen molar-refractivity contribution in [1.82, 2.24) is 30.1 Å². The molecular formula is C40H59B3N6O8. The second kappa shape index (κ2) is 17.9. The third-order valence-electron chi connectivity index (χ3n) is 12.3. The molecule has 3 N–H and O–H groups in total. The van der Waals surface area contributed by atoms with Crippen LogP contribution >= 0.6 is 0 Å². The summed E-state index contributed by atoms with van der Waals surface area (Å²) in [5.41, 5.74) is 3.67. The van der Waals surface area contributed by atoms with Crippen molar-refractivity contribution in [2.45, 2.75) is 103 Å². The summed E-state index contributed by atoms with van der Waals surface area (Å²) in [6.45, 7) is 19.7. The van der Waals surface area contributed by atoms with E-state index >= 15 is 0 Å². The van der Waals surface area contributed by atoms with E-state index in [1.54, 1.807) is 6.07 Å². The predicted molar refractivity (Wildman–Crippen MR) is 221 cm³/mol. The Kier molecular flexibility index (Phi) is 13.6. The summed E-state index contributed by atoms with van der Waals surface area (Å²) < 4.78 is 32.3. The zero-order chi connectivity index (χ0) is 41.0. The summed E-state index contributed by atoms with van der Waals surface area (Å²) in [7, 11) is -0.497. The molecule has 3 aromatic rings. The summed E-state index contributed by atoms with van der Waals surface area (Å²) in [6, 6.07) is 9.63. The van der Waals surface area contributed by atoms with Gasteiger partial charge in [0.1, 0.15) is 0 Å². The molecule has 3 fully saturated rings. The minimum absolute atomic E-state index is 0.0749. The molecule has 6 heterocycles. The number of aryl methyl sites for hydroxylation is 1. The number of hydrogen-bond donors (Lipinski definition) is 3. The summed E-state index contributed by atoms with van der Waals surface area (Å²) in [6.07, 6.45) is 8.08. The van der Waals surface area contributed by atoms with Gasteiger partial charge >= 0.3 is 21.4 Å². The average Bonchev–Trinajstić information content (AvgIpc) is 3.56. The summed E-state index contributed by atoms with van der Waals surface area (Å²) in [4.78, 5) is 29.9. The number of aromatic nitrogens is 3. The van der Waals surface area contributed by atoms with Crippen molar-refractivity contribution in [3.8, 4) is 0 Å². The number of pyridine rings is 3. The molecule has 2 atom stereocenters. The van der Waals surface area contributed by atoms with E-state index in [0.29, 0.717) is 38.2 Å². The van der Waals surface area contributed by atoms with E-state index in [2.05, 4.69) is 79.7 Å². The van der Waals surface area contributed by atoms with E-state index in [1.165, 1.54) is 6.20 Å². The normalized spacial score (nSPS) is 23.4. The molecule has 0 radical (unpaired) electrons. The third kappa shape index (κ3) is 10.5. The minimum atomic E-state index is -1.51. The number of carbonyl (C=O) groups is 1. The monoisotopic (exact) mass is 784 g/mol. The first-order valence-corrected chi connectivity index (χ1v) is 20.1. The van der Waals surface area contributed by atoms with Crippen LogP contribution in [-0.2, 0) is 47.6 Å². The SMILES string of the molecule is Cc1cc(B2OC(C)(C)C(C)(CCN(C)CCc3ccc(B(O)O)cn3)O2)cnc1COCCC1(C)OB(c2ccc(CCN3CCNC(=O)C3)nc2)OC1(C)C. The van der Waals surface area contributed by atoms with Gasteiger partial charge in [0.15, 0.2) is 0 Å². The van der Waals surface area contributed by atoms with Gasteiger partial charge in [-0.1, -0.05) is 18.2 Å². The highest BCUT2D eigenvalue weighted by molar-refractivity contribution is 6.62. The highest BCUT2D eigenvalue weighted by atomic mass is 16.7. The predicted octanol–water partition coefficient (Wildman–Crippen LogP) is 0.564. The van der Waals surface area contributed by atoms with Gasteiger partial charge in [0.25, 0.3) is 0 Å². The molecule has 0 aliphatic carbocycles. The average molecular weight is 784 g/mol. The topological polar surface area (TPSA) is 161 Å². The molecule has 0 saturated carbocycles. The quantitative estimate of drug-likeness (QED) is 0.129. The summed E-state index contributed by atoms with van der Waals surface area (Å²) in [5.74, 6) is 0.0749. The fraction of sp³-hybridized carbons (Fsp3) is 0.600. The lowest BCUT2D eigenvalue weighted by molar-refractivity contribution is -0.124. The van der Waals surface area contributed by atoms with Crippen molar-refractivity contribution < 1.29 is 38.2 Å². The van der Waals surface area contributed by atoms with Crippen LogP contribution in [0.15, 0.2) is 48.9 Å². The van der Waals surface area contributed by atoms with Gasteiger partial charge in [-0.05, 0) is 79.6 Å². The molecule has 0 bridgehead atoms. The van der Waals surface area contributed by atoms with Gasteiger partial charge in [-0.15, -0.1) is 0 Å². The highest BCUT2D eigenvalue weighted by Crippen LogP contribution is 2.41. The van der Waals surface area contributed by atoms with Crippen LogP contribution in [0.25, 0.3) is 0 Å². The number of ether oxygens (including phenoxy) is 1. The van der Waals surface area contributed by atoms with E-state index in [9.17, 15) is 14.8 Å². The van der Waals surface area contributed by atoms with Crippen molar-refractivity contribution in [3.05, 3.63) is 71.6 Å². The van der Waals surface area contributed by atoms with Crippen LogP contribution in [-0.4, -0.2) is 137 Å². The zero-order valence-electron chi connectivity index (χ0n) is 34.9. The molecular weight excluding hydrogens is 725 g/mol. The third-order valence-corrected chi connectivity index (χ3v) is 12.3. The van der Waals surface area contributed by atoms with Crippen LogP contribution in [0.1, 0.15) is 77.0 Å². The maximum atomic E-state index is 11.7. The van der Waals surface area contributed by atoms with Crippen LogP contribution in [0, 0.1) is 6.92 Å². The number of amides is 1. The number of rotatable bonds is 17. The molecule has 0 spiro atoms. The van der Waals surface area contributed by atoms with E-state index in [0.717, 1.165) is 79.0 Å². The number of likely N-dealkylation sites (N-methyl/N-ethyl adjacent to an activating group) is 1. The maximum Gasteiger partial charge on any atom is 0.496 e. The lowest BCUT2D eigenvalue weighted by Crippen LogP contribution is -2.48. The second-order valence-electron chi connectivity index (χ2n) is 17.2. The van der Waals surface area contributed by atoms with Gasteiger partial charge < -0.3 is 43.6 Å². The maximum absolute atomic E-state index is 11.7. The van der Waals surface area contributed by atoms with Crippen LogP contribution in [0.4, 0.5) is 0 Å². The Hall–Kier alpha value is -3.25. The molecule has 2 unspecified atom stereocenters. The van der Waals surface area contributed by atoms with E-state index in [4.69, 9.17) is 28.3 Å². The number of hydrogen-bond acceptors (Lipinski definition) is 13. The molecule has 306 valence electrons. The van der Waals surface area contributed by atoms with Crippen molar-refractivity contribution >= 4 is 43.7 Å². The van der Waals surface area contributed by atoms with Crippen LogP contribution in [0.5, 0.6) is 0 Å². The number of piperazine rings is 1. The van der Waals surface area contributed by atoms with E-state index in [-0.39, 0.29) is 5.91 Å². The van der Waals surface area contributed by atoms with Gasteiger partial charge in [-0.25, -0.2) is 0 Å². The fourth-order valence-electron chi connectivity index (χ4n) is 7.36. The first-order chi connectivity index (χ1) is 27.0. The van der Waals surface area contributed by atoms with Crippen LogP contribution in [0.3, 0.4) is 0 Å². The molecule has 17 heteroatoms. The molecule has 1 amide bonds. The fourth-order valence-corrected chi connectivity index (χ4v) is 7.36. The van der Waals surface area contributed by atoms with Crippen molar-refractivity contribution in [1.29, 1.82) is 0 Å². The summed E-state index contributed by atoms with van der Waals surface area (Å²) in [5, 5.41) is 21.5. The highest BCUT2D eigenvalue weighted by Gasteiger charge is 2.55. The Bertz CT molecular complexity index is 1820. The Morgan fingerprint density at radius 2 is 1.51 bits per heavy atom. The Morgan fingerprint density at radius 1 is 0.860 bits per heavy atom. The van der Waals surface area contributed by atoms with Crippen LogP contribution in [0.2, 0.25) is 0 Å². The van der Waals surface area contributed by atoms with Crippen molar-refractivity contribution in [3.63, 3.8) is 0 Å². The van der Waals surface area contributed by atoms with Gasteiger partial charge in [0.05, 0.1) is 41.2 Å². The molecule has 57 heavy (non-hydrogen) atoms. The van der Waals surface area contributed by atoms with Gasteiger partial charge in [0, 0.05) is 105 Å². The Labute approximate surface area is 338 Å². The number of nitrogens with one attached hydrogen (secondary N) is 1. The largest absolute Gasteiger partial charge is 0.496 e. The number of carbonyl (C=O) groups excluding carboxylic acids is 1. The van der Waals surface area contributed by atoms with Crippen molar-refractivity contribution in [2.75, 3.05) is 52.9 Å². The number of nitrogens with zero attached hydrogens (tertiary/aromatic N) is 5. The zero-order valence-corrected chi connectivity index (χ0v) is 34.9. The molecule has 14 nitrogen and oxygen atoms in total. The van der Waals surface area contributed by atoms with E-state index < -0.39 is 43.8 Å². The lowest BCUT2D eigenvalue weighted by atomic mass is 9.79. The van der Waals surface area contributed by atoms with E-state index in [1.807, 2.05) is 37.5 Å². The molecule has 3 aliphatic rings. The molecule has 0 aromatic carbocycles. The van der Waals surface area contributed by atoms with Gasteiger partial charge in [0.2, 0.25) is 5.91 Å².